The van der Waals surface area contributed by atoms with Crippen LogP contribution in [-0.2, 0) is 28.5 Å². The molecule has 3 fully saturated rings. The van der Waals surface area contributed by atoms with Crippen LogP contribution in [0, 0.1) is 0 Å². The number of imide groups is 1. The number of nitrogens with zero attached hydrogens (tertiary/aromatic N) is 5. The Labute approximate surface area is 294 Å². The molecule has 2 saturated heterocycles. The highest BCUT2D eigenvalue weighted by Gasteiger charge is 2.50. The van der Waals surface area contributed by atoms with Crippen molar-refractivity contribution in [2.24, 2.45) is 7.05 Å². The van der Waals surface area contributed by atoms with Crippen molar-refractivity contribution >= 4 is 34.4 Å². The Morgan fingerprint density at radius 1 is 0.922 bits per heavy atom. The lowest BCUT2D eigenvalue weighted by Crippen LogP contribution is -2.47. The Morgan fingerprint density at radius 3 is 2.49 bits per heavy atom. The van der Waals surface area contributed by atoms with E-state index in [1.165, 1.54) is 5.69 Å². The summed E-state index contributed by atoms with van der Waals surface area (Å²) in [5.74, 6) is -0.712. The molecule has 3 N–H and O–H groups in total. The lowest BCUT2D eigenvalue weighted by molar-refractivity contribution is -0.135. The van der Waals surface area contributed by atoms with Crippen LogP contribution in [-0.4, -0.2) is 81.0 Å². The molecule has 5 aromatic rings. The molecule has 12 heteroatoms. The smallest absolute Gasteiger partial charge is 0.329 e. The Bertz CT molecular complexity index is 2270. The number of nitrogens with one attached hydrogen (secondary N) is 3. The number of imidazole rings is 1. The van der Waals surface area contributed by atoms with E-state index in [9.17, 15) is 19.2 Å². The molecule has 3 aromatic heterocycles. The zero-order chi connectivity index (χ0) is 34.9. The summed E-state index contributed by atoms with van der Waals surface area (Å²) in [6, 6.07) is 19.9. The van der Waals surface area contributed by atoms with E-state index in [1.54, 1.807) is 16.2 Å². The van der Waals surface area contributed by atoms with Gasteiger partial charge >= 0.3 is 5.69 Å². The Kier molecular flexibility index (Phi) is 7.46. The topological polar surface area (TPSA) is 137 Å². The quantitative estimate of drug-likeness (QED) is 0.223. The number of aromatic amines is 1. The van der Waals surface area contributed by atoms with Crippen LogP contribution < -0.4 is 21.2 Å². The molecule has 1 aliphatic carbocycles. The summed E-state index contributed by atoms with van der Waals surface area (Å²) in [5, 5.41) is 5.44. The lowest BCUT2D eigenvalue weighted by atomic mass is 9.95. The number of amides is 3. The SMILES string of the molecule is Cn1c(=O)n(C2CCC(=O)NC2=O)c2cccc(CCN3CCN(c4ccc(-c5cc(-c6cc7c([nH]6)C6(CC6)CNC7=O)ccn5)cc4)CC3)c21. The van der Waals surface area contributed by atoms with Gasteiger partial charge in [-0.05, 0) is 67.6 Å². The molecule has 260 valence electrons. The van der Waals surface area contributed by atoms with Crippen molar-refractivity contribution in [2.45, 2.75) is 43.6 Å². The van der Waals surface area contributed by atoms with Crippen molar-refractivity contribution in [1.82, 2.24) is 34.6 Å². The molecule has 1 spiro atoms. The number of rotatable bonds is 7. The number of H-pyrrole nitrogens is 1. The van der Waals surface area contributed by atoms with Crippen LogP contribution in [0.3, 0.4) is 0 Å². The van der Waals surface area contributed by atoms with Crippen LogP contribution in [0.15, 0.2) is 71.7 Å². The second-order valence-electron chi connectivity index (χ2n) is 14.5. The average molecular weight is 685 g/mol. The average Bonchev–Trinajstić information content (AvgIpc) is 3.70. The van der Waals surface area contributed by atoms with Gasteiger partial charge in [0.25, 0.3) is 5.91 Å². The molecular formula is C39H40N8O4. The number of aromatic nitrogens is 4. The molecular weight excluding hydrogens is 644 g/mol. The molecule has 3 amide bonds. The van der Waals surface area contributed by atoms with Gasteiger partial charge in [-0.2, -0.15) is 0 Å². The minimum absolute atomic E-state index is 0.000647. The maximum Gasteiger partial charge on any atom is 0.329 e. The van der Waals surface area contributed by atoms with E-state index < -0.39 is 11.9 Å². The van der Waals surface area contributed by atoms with Gasteiger partial charge in [0.1, 0.15) is 6.04 Å². The number of benzene rings is 2. The predicted molar refractivity (Wildman–Crippen MR) is 194 cm³/mol. The summed E-state index contributed by atoms with van der Waals surface area (Å²) in [6.07, 6.45) is 5.37. The van der Waals surface area contributed by atoms with Gasteiger partial charge in [-0.1, -0.05) is 24.3 Å². The molecule has 0 radical (unpaired) electrons. The van der Waals surface area contributed by atoms with Crippen LogP contribution in [0.25, 0.3) is 33.5 Å². The number of fused-ring (bicyclic) bond motifs is 3. The summed E-state index contributed by atoms with van der Waals surface area (Å²) in [4.78, 5) is 63.3. The fourth-order valence-corrected chi connectivity index (χ4v) is 8.28. The molecule has 0 bridgehead atoms. The molecule has 51 heavy (non-hydrogen) atoms. The summed E-state index contributed by atoms with van der Waals surface area (Å²) in [7, 11) is 1.76. The number of piperazine rings is 1. The van der Waals surface area contributed by atoms with Crippen molar-refractivity contribution in [3.8, 4) is 22.5 Å². The highest BCUT2D eigenvalue weighted by Crippen LogP contribution is 2.50. The number of hydrogen-bond donors (Lipinski definition) is 3. The standard InChI is InChI=1S/C39H40N8O4/c1-44-34-25(3-2-4-31(34)47(38(44)51)32-9-10-33(48)43-37(32)50)12-16-45-17-19-46(20-18-45)27-7-5-24(6-8-27)29-21-26(11-15-40-29)30-22-28-35(42-30)39(13-14-39)23-41-36(28)49/h2-8,11,15,21-22,32,42H,9-10,12-14,16-20,23H2,1H3,(H,41,49)(H,43,48,50). The van der Waals surface area contributed by atoms with E-state index in [-0.39, 0.29) is 29.3 Å². The maximum absolute atomic E-state index is 13.3. The first kappa shape index (κ1) is 31.5. The van der Waals surface area contributed by atoms with Crippen LogP contribution in [0.1, 0.15) is 53.3 Å². The third-order valence-corrected chi connectivity index (χ3v) is 11.4. The minimum atomic E-state index is -0.687. The van der Waals surface area contributed by atoms with Gasteiger partial charge in [0.05, 0.1) is 22.3 Å². The van der Waals surface area contributed by atoms with Gasteiger partial charge in [0.2, 0.25) is 11.8 Å². The van der Waals surface area contributed by atoms with Gasteiger partial charge in [0, 0.05) is 92.6 Å². The normalized spacial score (nSPS) is 20.1. The lowest BCUT2D eigenvalue weighted by Gasteiger charge is -2.36. The highest BCUT2D eigenvalue weighted by atomic mass is 16.2. The van der Waals surface area contributed by atoms with Gasteiger partial charge < -0.3 is 15.2 Å². The number of para-hydroxylation sites is 1. The van der Waals surface area contributed by atoms with E-state index in [2.05, 4.69) is 66.8 Å². The van der Waals surface area contributed by atoms with Crippen LogP contribution in [0.2, 0.25) is 0 Å². The monoisotopic (exact) mass is 684 g/mol. The first-order valence-electron chi connectivity index (χ1n) is 17.9. The summed E-state index contributed by atoms with van der Waals surface area (Å²) in [5.41, 5.74) is 9.42. The third kappa shape index (κ3) is 5.45. The summed E-state index contributed by atoms with van der Waals surface area (Å²) in [6.45, 7) is 5.25. The zero-order valence-corrected chi connectivity index (χ0v) is 28.6. The molecule has 1 saturated carbocycles. The van der Waals surface area contributed by atoms with Gasteiger partial charge in [-0.25, -0.2) is 4.79 Å². The van der Waals surface area contributed by atoms with Crippen molar-refractivity contribution in [2.75, 3.05) is 44.2 Å². The van der Waals surface area contributed by atoms with E-state index in [1.807, 2.05) is 30.5 Å². The molecule has 1 unspecified atom stereocenters. The third-order valence-electron chi connectivity index (χ3n) is 11.4. The first-order chi connectivity index (χ1) is 24.8. The number of piperidine rings is 1. The number of hydrogen-bond acceptors (Lipinski definition) is 7. The molecule has 6 heterocycles. The van der Waals surface area contributed by atoms with Crippen LogP contribution >= 0.6 is 0 Å². The maximum atomic E-state index is 13.3. The molecule has 3 aliphatic heterocycles. The van der Waals surface area contributed by atoms with Gasteiger partial charge in [-0.15, -0.1) is 0 Å². The largest absolute Gasteiger partial charge is 0.369 e. The van der Waals surface area contributed by atoms with Crippen molar-refractivity contribution in [3.63, 3.8) is 0 Å². The number of aryl methyl sites for hydroxylation is 1. The van der Waals surface area contributed by atoms with E-state index in [4.69, 9.17) is 0 Å². The highest BCUT2D eigenvalue weighted by molar-refractivity contribution is 6.00. The second-order valence-corrected chi connectivity index (χ2v) is 14.5. The molecule has 4 aliphatic rings. The number of pyridine rings is 1. The number of carbonyl (C=O) groups is 3. The Balaban J connectivity index is 0.844. The van der Waals surface area contributed by atoms with Crippen LogP contribution in [0.5, 0.6) is 0 Å². The summed E-state index contributed by atoms with van der Waals surface area (Å²) >= 11 is 0. The number of carbonyl (C=O) groups excluding carboxylic acids is 3. The number of anilines is 1. The summed E-state index contributed by atoms with van der Waals surface area (Å²) < 4.78 is 3.19. The zero-order valence-electron chi connectivity index (χ0n) is 28.6. The first-order valence-corrected chi connectivity index (χ1v) is 17.9. The van der Waals surface area contributed by atoms with Gasteiger partial charge in [-0.3, -0.25) is 38.7 Å². The fraction of sp³-hybridized carbons (Fsp3) is 0.359. The Morgan fingerprint density at radius 2 is 1.73 bits per heavy atom. The Hall–Kier alpha value is -5.49. The fourth-order valence-electron chi connectivity index (χ4n) is 8.28. The van der Waals surface area contributed by atoms with Gasteiger partial charge in [0.15, 0.2) is 0 Å². The van der Waals surface area contributed by atoms with Crippen molar-refractivity contribution in [3.05, 3.63) is 94.2 Å². The molecule has 12 nitrogen and oxygen atoms in total. The van der Waals surface area contributed by atoms with E-state index in [0.717, 1.165) is 102 Å². The molecule has 1 atom stereocenters. The predicted octanol–water partition coefficient (Wildman–Crippen LogP) is 3.51. The van der Waals surface area contributed by atoms with E-state index >= 15 is 0 Å². The molecule has 9 rings (SSSR count). The van der Waals surface area contributed by atoms with Crippen molar-refractivity contribution in [1.29, 1.82) is 0 Å². The minimum Gasteiger partial charge on any atom is -0.369 e. The van der Waals surface area contributed by atoms with Crippen molar-refractivity contribution < 1.29 is 14.4 Å². The molecule has 2 aromatic carbocycles. The van der Waals surface area contributed by atoms with E-state index in [0.29, 0.717) is 13.0 Å². The van der Waals surface area contributed by atoms with Crippen LogP contribution in [0.4, 0.5) is 5.69 Å². The second kappa shape index (κ2) is 12.1.